The molecule has 2 aromatic carbocycles. The highest BCUT2D eigenvalue weighted by Crippen LogP contribution is 2.21. The molecular weight excluding hydrogens is 310 g/mol. The minimum Gasteiger partial charge on any atom is -0.355 e. The summed E-state index contributed by atoms with van der Waals surface area (Å²) in [7, 11) is 0. The van der Waals surface area contributed by atoms with E-state index in [-0.39, 0.29) is 5.91 Å². The Hall–Kier alpha value is -3.14. The van der Waals surface area contributed by atoms with E-state index >= 15 is 0 Å². The highest BCUT2D eigenvalue weighted by atomic mass is 16.1. The number of hydrogen-bond donors (Lipinski definition) is 2. The molecule has 3 aromatic rings. The van der Waals surface area contributed by atoms with Crippen molar-refractivity contribution in [3.05, 3.63) is 89.2 Å². The van der Waals surface area contributed by atoms with E-state index in [0.29, 0.717) is 12.2 Å². The number of pyridine rings is 1. The number of benzene rings is 2. The van der Waals surface area contributed by atoms with Gasteiger partial charge in [-0.05, 0) is 43.2 Å². The first-order chi connectivity index (χ1) is 12.1. The molecule has 0 radical (unpaired) electrons. The van der Waals surface area contributed by atoms with Crippen LogP contribution in [-0.4, -0.2) is 10.9 Å². The van der Waals surface area contributed by atoms with E-state index < -0.39 is 0 Å². The molecular formula is C21H21N3O. The number of amides is 1. The molecule has 1 heterocycles. The van der Waals surface area contributed by atoms with E-state index in [0.717, 1.165) is 22.5 Å². The summed E-state index contributed by atoms with van der Waals surface area (Å²) in [5.74, 6) is -0.187. The van der Waals surface area contributed by atoms with Crippen LogP contribution in [0.3, 0.4) is 0 Å². The lowest BCUT2D eigenvalue weighted by Crippen LogP contribution is -2.23. The van der Waals surface area contributed by atoms with Gasteiger partial charge in [0, 0.05) is 24.1 Å². The number of carbonyl (C=O) groups is 1. The van der Waals surface area contributed by atoms with E-state index in [4.69, 9.17) is 0 Å². The lowest BCUT2D eigenvalue weighted by molar-refractivity contribution is 0.0946. The van der Waals surface area contributed by atoms with E-state index in [1.807, 2.05) is 42.5 Å². The Bertz CT molecular complexity index is 875. The monoisotopic (exact) mass is 331 g/mol. The molecule has 126 valence electrons. The van der Waals surface area contributed by atoms with Crippen LogP contribution in [0.5, 0.6) is 0 Å². The van der Waals surface area contributed by atoms with Crippen LogP contribution in [0.2, 0.25) is 0 Å². The quantitative estimate of drug-likeness (QED) is 0.730. The highest BCUT2D eigenvalue weighted by Gasteiger charge is 2.08. The Labute approximate surface area is 147 Å². The average Bonchev–Trinajstić information content (AvgIpc) is 2.63. The number of aryl methyl sites for hydroxylation is 2. The Balaban J connectivity index is 1.69. The van der Waals surface area contributed by atoms with Gasteiger partial charge in [0.1, 0.15) is 5.69 Å². The second-order valence-electron chi connectivity index (χ2n) is 6.04. The summed E-state index contributed by atoms with van der Waals surface area (Å²) in [6.45, 7) is 4.61. The number of aromatic nitrogens is 1. The van der Waals surface area contributed by atoms with Crippen molar-refractivity contribution in [2.75, 3.05) is 5.32 Å². The van der Waals surface area contributed by atoms with E-state index in [1.165, 1.54) is 5.56 Å². The van der Waals surface area contributed by atoms with Crippen molar-refractivity contribution in [3.8, 4) is 0 Å². The summed E-state index contributed by atoms with van der Waals surface area (Å²) in [6.07, 6.45) is 1.64. The molecule has 1 amide bonds. The summed E-state index contributed by atoms with van der Waals surface area (Å²) in [5.41, 5.74) is 5.69. The molecule has 4 heteroatoms. The molecule has 0 saturated carbocycles. The molecule has 25 heavy (non-hydrogen) atoms. The first-order valence-electron chi connectivity index (χ1n) is 8.24. The second-order valence-corrected chi connectivity index (χ2v) is 6.04. The number of anilines is 2. The van der Waals surface area contributed by atoms with E-state index in [1.54, 1.807) is 12.3 Å². The van der Waals surface area contributed by atoms with Crippen LogP contribution in [-0.2, 0) is 6.54 Å². The zero-order valence-corrected chi connectivity index (χ0v) is 14.4. The lowest BCUT2D eigenvalue weighted by atomic mass is 10.1. The summed E-state index contributed by atoms with van der Waals surface area (Å²) in [6, 6.07) is 19.7. The Morgan fingerprint density at radius 2 is 1.80 bits per heavy atom. The first-order valence-corrected chi connectivity index (χ1v) is 8.24. The number of nitrogens with zero attached hydrogens (tertiary/aromatic N) is 1. The molecule has 0 saturated heterocycles. The molecule has 0 fully saturated rings. The molecule has 1 aromatic heterocycles. The van der Waals surface area contributed by atoms with Crippen LogP contribution in [0.4, 0.5) is 11.4 Å². The molecule has 0 atom stereocenters. The van der Waals surface area contributed by atoms with Crippen molar-refractivity contribution in [1.82, 2.24) is 10.3 Å². The number of hydrogen-bond acceptors (Lipinski definition) is 3. The van der Waals surface area contributed by atoms with Crippen molar-refractivity contribution in [1.29, 1.82) is 0 Å². The van der Waals surface area contributed by atoms with Gasteiger partial charge in [0.2, 0.25) is 0 Å². The number of nitrogens with one attached hydrogen (secondary N) is 2. The predicted octanol–water partition coefficient (Wildman–Crippen LogP) is 4.37. The Kier molecular flexibility index (Phi) is 5.09. The van der Waals surface area contributed by atoms with Gasteiger partial charge in [-0.2, -0.15) is 0 Å². The van der Waals surface area contributed by atoms with Crippen LogP contribution in [0.25, 0.3) is 0 Å². The topological polar surface area (TPSA) is 54.0 Å². The van der Waals surface area contributed by atoms with Gasteiger partial charge in [-0.1, -0.05) is 48.0 Å². The Morgan fingerprint density at radius 3 is 2.56 bits per heavy atom. The fourth-order valence-electron chi connectivity index (χ4n) is 2.61. The molecule has 0 spiro atoms. The van der Waals surface area contributed by atoms with E-state index in [2.05, 4.69) is 41.6 Å². The van der Waals surface area contributed by atoms with Crippen molar-refractivity contribution >= 4 is 17.3 Å². The predicted molar refractivity (Wildman–Crippen MR) is 101 cm³/mol. The van der Waals surface area contributed by atoms with Gasteiger partial charge in [-0.3, -0.25) is 9.78 Å². The maximum atomic E-state index is 12.3. The van der Waals surface area contributed by atoms with Gasteiger partial charge in [-0.25, -0.2) is 0 Å². The zero-order chi connectivity index (χ0) is 17.6. The fourth-order valence-corrected chi connectivity index (χ4v) is 2.61. The van der Waals surface area contributed by atoms with Gasteiger partial charge in [0.25, 0.3) is 5.91 Å². The number of carbonyl (C=O) groups excluding carboxylic acids is 1. The molecule has 0 bridgehead atoms. The minimum absolute atomic E-state index is 0.187. The van der Waals surface area contributed by atoms with Gasteiger partial charge in [-0.15, -0.1) is 0 Å². The van der Waals surface area contributed by atoms with Gasteiger partial charge in [0.05, 0.1) is 0 Å². The average molecular weight is 331 g/mol. The maximum absolute atomic E-state index is 12.3. The van der Waals surface area contributed by atoms with Crippen LogP contribution >= 0.6 is 0 Å². The summed E-state index contributed by atoms with van der Waals surface area (Å²) in [4.78, 5) is 16.5. The van der Waals surface area contributed by atoms with Gasteiger partial charge in [0.15, 0.2) is 0 Å². The molecule has 0 aliphatic rings. The fraction of sp³-hybridized carbons (Fsp3) is 0.143. The van der Waals surface area contributed by atoms with Crippen molar-refractivity contribution in [2.45, 2.75) is 20.4 Å². The number of rotatable bonds is 5. The third-order valence-corrected chi connectivity index (χ3v) is 3.95. The lowest BCUT2D eigenvalue weighted by Gasteiger charge is -2.11. The molecule has 0 aliphatic heterocycles. The largest absolute Gasteiger partial charge is 0.355 e. The normalized spacial score (nSPS) is 10.3. The third-order valence-electron chi connectivity index (χ3n) is 3.95. The van der Waals surface area contributed by atoms with E-state index in [9.17, 15) is 4.79 Å². The van der Waals surface area contributed by atoms with Crippen LogP contribution in [0, 0.1) is 13.8 Å². The third kappa shape index (κ3) is 4.44. The molecule has 0 unspecified atom stereocenters. The zero-order valence-electron chi connectivity index (χ0n) is 14.4. The second kappa shape index (κ2) is 7.62. The minimum atomic E-state index is -0.187. The summed E-state index contributed by atoms with van der Waals surface area (Å²) in [5, 5.41) is 6.24. The first kappa shape index (κ1) is 16.7. The van der Waals surface area contributed by atoms with Crippen LogP contribution in [0.15, 0.2) is 66.9 Å². The highest BCUT2D eigenvalue weighted by molar-refractivity contribution is 5.93. The summed E-state index contributed by atoms with van der Waals surface area (Å²) >= 11 is 0. The van der Waals surface area contributed by atoms with Gasteiger partial charge >= 0.3 is 0 Å². The van der Waals surface area contributed by atoms with Crippen LogP contribution < -0.4 is 10.6 Å². The Morgan fingerprint density at radius 1 is 1.00 bits per heavy atom. The smallest absolute Gasteiger partial charge is 0.270 e. The van der Waals surface area contributed by atoms with Crippen molar-refractivity contribution < 1.29 is 4.79 Å². The van der Waals surface area contributed by atoms with Gasteiger partial charge < -0.3 is 10.6 Å². The summed E-state index contributed by atoms with van der Waals surface area (Å²) < 4.78 is 0. The SMILES string of the molecule is Cc1ccc(Nc2ccnc(C(=O)NCc3ccccc3)c2)c(C)c1. The molecule has 4 nitrogen and oxygen atoms in total. The van der Waals surface area contributed by atoms with Crippen LogP contribution in [0.1, 0.15) is 27.2 Å². The molecule has 3 rings (SSSR count). The molecule has 0 aliphatic carbocycles. The van der Waals surface area contributed by atoms with Crippen molar-refractivity contribution in [2.24, 2.45) is 0 Å². The molecule has 2 N–H and O–H groups in total. The maximum Gasteiger partial charge on any atom is 0.270 e. The standard InChI is InChI=1S/C21H21N3O/c1-15-8-9-19(16(2)12-15)24-18-10-11-22-20(13-18)21(25)23-14-17-6-4-3-5-7-17/h3-13H,14H2,1-2H3,(H,22,24)(H,23,25). The van der Waals surface area contributed by atoms with Crippen molar-refractivity contribution in [3.63, 3.8) is 0 Å².